The van der Waals surface area contributed by atoms with Crippen molar-refractivity contribution in [3.8, 4) is 6.07 Å². The number of nitrogens with one attached hydrogen (secondary N) is 1. The molecule has 1 heterocycles. The van der Waals surface area contributed by atoms with E-state index < -0.39 is 35.0 Å². The molecule has 1 aromatic heterocycles. The molecule has 6 nitrogen and oxygen atoms in total. The maximum absolute atomic E-state index is 13.6. The number of nitriles is 1. The number of esters is 1. The number of amides is 1. The first kappa shape index (κ1) is 21.2. The van der Waals surface area contributed by atoms with Crippen LogP contribution in [0, 0.1) is 35.7 Å². The summed E-state index contributed by atoms with van der Waals surface area (Å²) in [6.45, 7) is 3.36. The highest BCUT2D eigenvalue weighted by Crippen LogP contribution is 2.24. The van der Waals surface area contributed by atoms with Gasteiger partial charge in [-0.1, -0.05) is 11.8 Å². The molecule has 0 aliphatic carbocycles. The molecule has 0 atom stereocenters. The van der Waals surface area contributed by atoms with Crippen molar-refractivity contribution in [2.24, 2.45) is 0 Å². The van der Waals surface area contributed by atoms with Gasteiger partial charge in [-0.05, 0) is 32.0 Å². The molecule has 2 rings (SSSR count). The van der Waals surface area contributed by atoms with Crippen LogP contribution in [-0.4, -0.2) is 29.2 Å². The summed E-state index contributed by atoms with van der Waals surface area (Å²) in [6.07, 6.45) is 0. The van der Waals surface area contributed by atoms with Gasteiger partial charge in [0.25, 0.3) is 0 Å². The Labute approximate surface area is 162 Å². The highest BCUT2D eigenvalue weighted by Gasteiger charge is 2.18. The average molecular weight is 409 g/mol. The number of benzene rings is 1. The second-order valence-electron chi connectivity index (χ2n) is 5.37. The Morgan fingerprint density at radius 1 is 1.29 bits per heavy atom. The third kappa shape index (κ3) is 4.80. The van der Waals surface area contributed by atoms with Crippen LogP contribution >= 0.6 is 11.8 Å². The van der Waals surface area contributed by atoms with Crippen molar-refractivity contribution in [2.75, 3.05) is 17.7 Å². The molecular weight excluding hydrogens is 395 g/mol. The number of anilines is 1. The smallest absolute Gasteiger partial charge is 0.340 e. The zero-order valence-corrected chi connectivity index (χ0v) is 15.6. The van der Waals surface area contributed by atoms with Crippen molar-refractivity contribution in [2.45, 2.75) is 18.9 Å². The number of pyridine rings is 1. The predicted molar refractivity (Wildman–Crippen MR) is 95.3 cm³/mol. The van der Waals surface area contributed by atoms with Crippen molar-refractivity contribution < 1.29 is 27.5 Å². The van der Waals surface area contributed by atoms with E-state index in [9.17, 15) is 28.0 Å². The monoisotopic (exact) mass is 409 g/mol. The summed E-state index contributed by atoms with van der Waals surface area (Å²) in [7, 11) is 0. The van der Waals surface area contributed by atoms with Gasteiger partial charge in [0, 0.05) is 0 Å². The fourth-order valence-electron chi connectivity index (χ4n) is 2.13. The summed E-state index contributed by atoms with van der Waals surface area (Å²) in [4.78, 5) is 28.0. The fourth-order valence-corrected chi connectivity index (χ4v) is 2.93. The number of rotatable bonds is 6. The lowest BCUT2D eigenvalue weighted by atomic mass is 10.1. The van der Waals surface area contributed by atoms with Crippen LogP contribution in [0.4, 0.5) is 18.9 Å². The number of aromatic nitrogens is 1. The number of ether oxygens (including phenoxy) is 1. The summed E-state index contributed by atoms with van der Waals surface area (Å²) in [5.74, 6) is -6.18. The van der Waals surface area contributed by atoms with E-state index in [4.69, 9.17) is 4.74 Å². The number of thioether (sulfide) groups is 1. The quantitative estimate of drug-likeness (QED) is 0.445. The molecular formula is C18H14F3N3O3S. The lowest BCUT2D eigenvalue weighted by molar-refractivity contribution is -0.113. The standard InChI is InChI=1S/C18H14F3N3O3S/c1-3-27-18(26)11-6-10(7-22)17(23-9(11)2)28-8-14(25)24-13-5-4-12(19)15(20)16(13)21/h4-6H,3,8H2,1-2H3,(H,24,25). The van der Waals surface area contributed by atoms with Gasteiger partial charge < -0.3 is 10.1 Å². The maximum Gasteiger partial charge on any atom is 0.340 e. The first-order valence-corrected chi connectivity index (χ1v) is 8.92. The minimum absolute atomic E-state index is 0.0606. The Balaban J connectivity index is 2.13. The zero-order chi connectivity index (χ0) is 20.8. The summed E-state index contributed by atoms with van der Waals surface area (Å²) in [6, 6.07) is 4.78. The van der Waals surface area contributed by atoms with Crippen molar-refractivity contribution in [1.82, 2.24) is 4.98 Å². The van der Waals surface area contributed by atoms with Crippen molar-refractivity contribution >= 4 is 29.3 Å². The van der Waals surface area contributed by atoms with Crippen LogP contribution in [0.2, 0.25) is 0 Å². The van der Waals surface area contributed by atoms with Gasteiger partial charge >= 0.3 is 5.97 Å². The van der Waals surface area contributed by atoms with E-state index in [1.54, 1.807) is 13.8 Å². The third-order valence-corrected chi connectivity index (χ3v) is 4.43. The van der Waals surface area contributed by atoms with Crippen LogP contribution in [0.1, 0.15) is 28.5 Å². The Bertz CT molecular complexity index is 977. The molecule has 0 saturated carbocycles. The van der Waals surface area contributed by atoms with E-state index in [0.717, 1.165) is 17.8 Å². The number of hydrogen-bond donors (Lipinski definition) is 1. The average Bonchev–Trinajstić information content (AvgIpc) is 2.67. The Hall–Kier alpha value is -3.06. The zero-order valence-electron chi connectivity index (χ0n) is 14.8. The van der Waals surface area contributed by atoms with E-state index in [1.165, 1.54) is 6.07 Å². The highest BCUT2D eigenvalue weighted by molar-refractivity contribution is 8.00. The summed E-state index contributed by atoms with van der Waals surface area (Å²) in [5, 5.41) is 11.6. The molecule has 0 bridgehead atoms. The number of halogens is 3. The number of hydrogen-bond acceptors (Lipinski definition) is 6. The second kappa shape index (κ2) is 9.23. The molecule has 1 amide bonds. The van der Waals surface area contributed by atoms with Gasteiger partial charge in [0.15, 0.2) is 17.5 Å². The molecule has 0 fully saturated rings. The van der Waals surface area contributed by atoms with Crippen molar-refractivity contribution in [1.29, 1.82) is 5.26 Å². The molecule has 28 heavy (non-hydrogen) atoms. The molecule has 0 spiro atoms. The summed E-state index contributed by atoms with van der Waals surface area (Å²) >= 11 is 0.872. The van der Waals surface area contributed by atoms with E-state index in [0.29, 0.717) is 11.8 Å². The largest absolute Gasteiger partial charge is 0.462 e. The van der Waals surface area contributed by atoms with Crippen LogP contribution in [-0.2, 0) is 9.53 Å². The number of carbonyl (C=O) groups excluding carboxylic acids is 2. The first-order valence-electron chi connectivity index (χ1n) is 7.93. The fraction of sp³-hybridized carbons (Fsp3) is 0.222. The molecule has 0 radical (unpaired) electrons. The molecule has 0 saturated heterocycles. The topological polar surface area (TPSA) is 92.1 Å². The van der Waals surface area contributed by atoms with Crippen molar-refractivity contribution in [3.63, 3.8) is 0 Å². The van der Waals surface area contributed by atoms with Crippen LogP contribution < -0.4 is 5.32 Å². The first-order chi connectivity index (χ1) is 13.3. The Morgan fingerprint density at radius 3 is 2.64 bits per heavy atom. The van der Waals surface area contributed by atoms with Gasteiger partial charge in [-0.2, -0.15) is 5.26 Å². The van der Waals surface area contributed by atoms with E-state index in [1.807, 2.05) is 6.07 Å². The molecule has 2 aromatic rings. The van der Waals surface area contributed by atoms with Crippen LogP contribution in [0.3, 0.4) is 0 Å². The SMILES string of the molecule is CCOC(=O)c1cc(C#N)c(SCC(=O)Nc2ccc(F)c(F)c2F)nc1C. The summed E-state index contributed by atoms with van der Waals surface area (Å²) in [5.41, 5.74) is 0.000309. The lowest BCUT2D eigenvalue weighted by Crippen LogP contribution is -2.16. The number of carbonyl (C=O) groups is 2. The van der Waals surface area contributed by atoms with E-state index >= 15 is 0 Å². The number of aryl methyl sites for hydroxylation is 1. The molecule has 10 heteroatoms. The van der Waals surface area contributed by atoms with E-state index in [-0.39, 0.29) is 28.5 Å². The van der Waals surface area contributed by atoms with Crippen molar-refractivity contribution in [3.05, 3.63) is 52.5 Å². The normalized spacial score (nSPS) is 10.3. The minimum atomic E-state index is -1.69. The molecule has 1 N–H and O–H groups in total. The Kier molecular flexibility index (Phi) is 7.00. The predicted octanol–water partition coefficient (Wildman–Crippen LogP) is 3.59. The molecule has 1 aromatic carbocycles. The van der Waals surface area contributed by atoms with Gasteiger partial charge in [0.05, 0.1) is 34.9 Å². The minimum Gasteiger partial charge on any atom is -0.462 e. The molecule has 0 aliphatic rings. The maximum atomic E-state index is 13.6. The summed E-state index contributed by atoms with van der Waals surface area (Å²) < 4.78 is 44.6. The van der Waals surface area contributed by atoms with Crippen LogP contribution in [0.15, 0.2) is 23.2 Å². The third-order valence-electron chi connectivity index (χ3n) is 3.44. The molecule has 0 unspecified atom stereocenters. The second-order valence-corrected chi connectivity index (χ2v) is 6.33. The van der Waals surface area contributed by atoms with Crippen LogP contribution in [0.25, 0.3) is 0 Å². The molecule has 0 aliphatic heterocycles. The highest BCUT2D eigenvalue weighted by atomic mass is 32.2. The number of nitrogens with zero attached hydrogens (tertiary/aromatic N) is 2. The van der Waals surface area contributed by atoms with E-state index in [2.05, 4.69) is 10.3 Å². The van der Waals surface area contributed by atoms with Gasteiger partial charge in [-0.25, -0.2) is 22.9 Å². The Morgan fingerprint density at radius 2 is 2.00 bits per heavy atom. The van der Waals surface area contributed by atoms with Gasteiger partial charge in [-0.3, -0.25) is 4.79 Å². The van der Waals surface area contributed by atoms with Gasteiger partial charge in [0.2, 0.25) is 5.91 Å². The molecule has 146 valence electrons. The lowest BCUT2D eigenvalue weighted by Gasteiger charge is -2.10. The van der Waals surface area contributed by atoms with Crippen LogP contribution in [0.5, 0.6) is 0 Å². The van der Waals surface area contributed by atoms with Gasteiger partial charge in [0.1, 0.15) is 11.1 Å². The van der Waals surface area contributed by atoms with Gasteiger partial charge in [-0.15, -0.1) is 0 Å².